The molecule has 0 aliphatic heterocycles. The number of nitrogens with zero attached hydrogens (tertiary/aromatic N) is 1. The van der Waals surface area contributed by atoms with Crippen molar-refractivity contribution < 1.29 is 5.11 Å². The van der Waals surface area contributed by atoms with Gasteiger partial charge in [0.15, 0.2) is 0 Å². The van der Waals surface area contributed by atoms with Crippen molar-refractivity contribution in [3.8, 4) is 5.75 Å². The maximum absolute atomic E-state index is 8.91. The van der Waals surface area contributed by atoms with Crippen molar-refractivity contribution in [2.45, 2.75) is 41.5 Å². The van der Waals surface area contributed by atoms with E-state index < -0.39 is 0 Å². The van der Waals surface area contributed by atoms with Gasteiger partial charge in [-0.2, -0.15) is 0 Å². The Morgan fingerprint density at radius 2 is 1.10 bits per heavy atom. The minimum absolute atomic E-state index is 0.296. The minimum Gasteiger partial charge on any atom is -0.508 e. The number of allylic oxidation sites excluding steroid dienone is 2. The molecule has 0 fully saturated rings. The summed E-state index contributed by atoms with van der Waals surface area (Å²) >= 11 is 0. The smallest absolute Gasteiger partial charge is 0.115 e. The Morgan fingerprint density at radius 3 is 1.52 bits per heavy atom. The van der Waals surface area contributed by atoms with E-state index in [0.29, 0.717) is 5.75 Å². The molecule has 0 aromatic heterocycles. The summed E-state index contributed by atoms with van der Waals surface area (Å²) in [6.07, 6.45) is 0. The van der Waals surface area contributed by atoms with E-state index in [1.165, 1.54) is 5.57 Å². The van der Waals surface area contributed by atoms with Crippen molar-refractivity contribution in [1.82, 2.24) is 0 Å². The van der Waals surface area contributed by atoms with Gasteiger partial charge in [-0.1, -0.05) is 104 Å². The molecule has 2 nitrogen and oxygen atoms in total. The van der Waals surface area contributed by atoms with Crippen molar-refractivity contribution in [2.24, 2.45) is 4.99 Å². The summed E-state index contributed by atoms with van der Waals surface area (Å²) in [5.74, 6) is 0.296. The standard InChI is InChI=1S/C18H19N.C9H10O.C2H6/c1-14(2)18(17-12-8-5-9-13-17)19-15(3)16-10-6-4-7-11-16;1-7(2)8-3-5-9(10)6-4-8;1-2/h4-13H,1-3H3;3-6,10H,1H2,2H3;1-2H3. The fourth-order valence-corrected chi connectivity index (χ4v) is 2.72. The third kappa shape index (κ3) is 8.88. The molecule has 0 radical (unpaired) electrons. The molecule has 3 rings (SSSR count). The van der Waals surface area contributed by atoms with Crippen LogP contribution in [0.5, 0.6) is 5.75 Å². The van der Waals surface area contributed by atoms with E-state index in [-0.39, 0.29) is 0 Å². The van der Waals surface area contributed by atoms with Crippen molar-refractivity contribution in [3.63, 3.8) is 0 Å². The monoisotopic (exact) mass is 413 g/mol. The molecule has 0 saturated heterocycles. The van der Waals surface area contributed by atoms with E-state index in [2.05, 4.69) is 51.6 Å². The van der Waals surface area contributed by atoms with Gasteiger partial charge in [0.2, 0.25) is 0 Å². The molecular formula is C29H35NO. The van der Waals surface area contributed by atoms with E-state index in [4.69, 9.17) is 10.1 Å². The highest BCUT2D eigenvalue weighted by Crippen LogP contribution is 2.21. The maximum atomic E-state index is 8.91. The predicted octanol–water partition coefficient (Wildman–Crippen LogP) is 8.40. The molecule has 0 heterocycles. The summed E-state index contributed by atoms with van der Waals surface area (Å²) < 4.78 is 0. The van der Waals surface area contributed by atoms with Gasteiger partial charge in [0.1, 0.15) is 5.75 Å². The van der Waals surface area contributed by atoms with Gasteiger partial charge in [-0.15, -0.1) is 0 Å². The number of hydrogen-bond acceptors (Lipinski definition) is 2. The van der Waals surface area contributed by atoms with Crippen LogP contribution in [-0.2, 0) is 0 Å². The molecule has 2 heteroatoms. The Morgan fingerprint density at radius 1 is 0.645 bits per heavy atom. The van der Waals surface area contributed by atoms with Crippen LogP contribution < -0.4 is 0 Å². The Labute approximate surface area is 188 Å². The largest absolute Gasteiger partial charge is 0.508 e. The average Bonchev–Trinajstić information content (AvgIpc) is 2.80. The third-order valence-electron chi connectivity index (χ3n) is 4.35. The Kier molecular flexibility index (Phi) is 11.4. The molecule has 31 heavy (non-hydrogen) atoms. The van der Waals surface area contributed by atoms with Crippen LogP contribution in [-0.4, -0.2) is 10.8 Å². The summed E-state index contributed by atoms with van der Waals surface area (Å²) in [5.41, 5.74) is 7.73. The zero-order valence-electron chi connectivity index (χ0n) is 19.7. The number of phenols is 1. The molecule has 162 valence electrons. The van der Waals surface area contributed by atoms with E-state index in [1.807, 2.05) is 69.3 Å². The highest BCUT2D eigenvalue weighted by atomic mass is 16.3. The Hall–Kier alpha value is -3.39. The molecule has 3 aromatic carbocycles. The van der Waals surface area contributed by atoms with Gasteiger partial charge in [0.25, 0.3) is 0 Å². The number of phenolic OH excluding ortho intramolecular Hbond substituents is 1. The molecule has 0 saturated carbocycles. The van der Waals surface area contributed by atoms with Crippen molar-refractivity contribution in [1.29, 1.82) is 0 Å². The number of aromatic hydroxyl groups is 1. The van der Waals surface area contributed by atoms with Crippen LogP contribution in [0.4, 0.5) is 0 Å². The lowest BCUT2D eigenvalue weighted by atomic mass is 10.1. The first-order valence-corrected chi connectivity index (χ1v) is 10.7. The number of benzene rings is 3. The van der Waals surface area contributed by atoms with Crippen molar-refractivity contribution in [3.05, 3.63) is 114 Å². The fourth-order valence-electron chi connectivity index (χ4n) is 2.72. The van der Waals surface area contributed by atoms with Gasteiger partial charge >= 0.3 is 0 Å². The molecule has 3 aromatic rings. The highest BCUT2D eigenvalue weighted by Gasteiger charge is 2.03. The van der Waals surface area contributed by atoms with E-state index >= 15 is 0 Å². The lowest BCUT2D eigenvalue weighted by Gasteiger charge is -2.07. The number of rotatable bonds is 4. The van der Waals surface area contributed by atoms with E-state index in [0.717, 1.165) is 33.7 Å². The summed E-state index contributed by atoms with van der Waals surface area (Å²) in [4.78, 5) is 4.81. The van der Waals surface area contributed by atoms with Crippen LogP contribution in [0.2, 0.25) is 0 Å². The quantitative estimate of drug-likeness (QED) is 0.428. The first-order chi connectivity index (χ1) is 14.9. The van der Waals surface area contributed by atoms with Gasteiger partial charge in [0, 0.05) is 11.3 Å². The lowest BCUT2D eigenvalue weighted by molar-refractivity contribution is 0.475. The molecule has 0 aliphatic rings. The highest BCUT2D eigenvalue weighted by molar-refractivity contribution is 6.01. The van der Waals surface area contributed by atoms with Gasteiger partial charge in [-0.05, 0) is 51.0 Å². The van der Waals surface area contributed by atoms with Gasteiger partial charge in [-0.3, -0.25) is 4.99 Å². The second-order valence-electron chi connectivity index (χ2n) is 7.11. The van der Waals surface area contributed by atoms with Crippen LogP contribution >= 0.6 is 0 Å². The summed E-state index contributed by atoms with van der Waals surface area (Å²) in [7, 11) is 0. The van der Waals surface area contributed by atoms with Crippen molar-refractivity contribution in [2.75, 3.05) is 0 Å². The molecule has 0 unspecified atom stereocenters. The van der Waals surface area contributed by atoms with Crippen LogP contribution in [0.15, 0.2) is 102 Å². The Bertz CT molecular complexity index is 978. The SMILES string of the molecule is C=C(C)c1ccc(O)cc1.CC.CC(=NC(=C(C)C)c1ccccc1)c1ccccc1. The lowest BCUT2D eigenvalue weighted by Crippen LogP contribution is -1.96. The second-order valence-corrected chi connectivity index (χ2v) is 7.11. The molecule has 0 bridgehead atoms. The fraction of sp³-hybridized carbons (Fsp3) is 0.207. The second kappa shape index (κ2) is 13.8. The van der Waals surface area contributed by atoms with Gasteiger partial charge < -0.3 is 5.11 Å². The first kappa shape index (κ1) is 25.6. The average molecular weight is 414 g/mol. The number of aliphatic imine (C=N–C) groups is 1. The Balaban J connectivity index is 0.000000337. The zero-order valence-corrected chi connectivity index (χ0v) is 19.7. The maximum Gasteiger partial charge on any atom is 0.115 e. The van der Waals surface area contributed by atoms with Gasteiger partial charge in [-0.25, -0.2) is 0 Å². The zero-order chi connectivity index (χ0) is 23.2. The first-order valence-electron chi connectivity index (χ1n) is 10.7. The topological polar surface area (TPSA) is 32.6 Å². The molecule has 0 amide bonds. The predicted molar refractivity (Wildman–Crippen MR) is 138 cm³/mol. The molecule has 0 spiro atoms. The van der Waals surface area contributed by atoms with E-state index in [9.17, 15) is 0 Å². The molecule has 0 aliphatic carbocycles. The third-order valence-corrected chi connectivity index (χ3v) is 4.35. The van der Waals surface area contributed by atoms with E-state index in [1.54, 1.807) is 12.1 Å². The summed E-state index contributed by atoms with van der Waals surface area (Å²) in [6.45, 7) is 16.0. The summed E-state index contributed by atoms with van der Waals surface area (Å²) in [5, 5.41) is 8.91. The normalized spacial score (nSPS) is 10.1. The van der Waals surface area contributed by atoms with Crippen molar-refractivity contribution >= 4 is 17.0 Å². The van der Waals surface area contributed by atoms with Gasteiger partial charge in [0.05, 0.1) is 5.70 Å². The molecule has 1 N–H and O–H groups in total. The van der Waals surface area contributed by atoms with Crippen LogP contribution in [0.3, 0.4) is 0 Å². The molecular weight excluding hydrogens is 378 g/mol. The summed E-state index contributed by atoms with van der Waals surface area (Å²) in [6, 6.07) is 27.6. The molecule has 0 atom stereocenters. The minimum atomic E-state index is 0.296. The van der Waals surface area contributed by atoms with Crippen LogP contribution in [0.1, 0.15) is 58.2 Å². The van der Waals surface area contributed by atoms with Crippen LogP contribution in [0, 0.1) is 0 Å². The van der Waals surface area contributed by atoms with Crippen LogP contribution in [0.25, 0.3) is 11.3 Å². The number of hydrogen-bond donors (Lipinski definition) is 1.